The molecule has 2 fully saturated rings. The molecule has 2 saturated heterocycles. The van der Waals surface area contributed by atoms with Gasteiger partial charge in [-0.2, -0.15) is 0 Å². The Morgan fingerprint density at radius 2 is 2.10 bits per heavy atom. The van der Waals surface area contributed by atoms with Crippen molar-refractivity contribution in [1.29, 1.82) is 0 Å². The number of nitrogens with one attached hydrogen (secondary N) is 2. The highest BCUT2D eigenvalue weighted by atomic mass is 32.2. The quantitative estimate of drug-likeness (QED) is 0.865. The van der Waals surface area contributed by atoms with Crippen molar-refractivity contribution in [2.24, 2.45) is 5.92 Å². The first kappa shape index (κ1) is 13.9. The monoisotopic (exact) mass is 295 g/mol. The number of rotatable bonds is 3. The van der Waals surface area contributed by atoms with Gasteiger partial charge in [-0.05, 0) is 44.5 Å². The summed E-state index contributed by atoms with van der Waals surface area (Å²) in [6, 6.07) is 7.75. The van der Waals surface area contributed by atoms with Gasteiger partial charge in [0.25, 0.3) is 0 Å². The second-order valence-corrected chi connectivity index (χ2v) is 7.40. The summed E-state index contributed by atoms with van der Waals surface area (Å²) in [5, 5.41) is 3.55. The van der Waals surface area contributed by atoms with Crippen LogP contribution in [-0.4, -0.2) is 41.1 Å². The maximum absolute atomic E-state index is 12.1. The molecule has 3 rings (SSSR count). The van der Waals surface area contributed by atoms with Gasteiger partial charge in [0.2, 0.25) is 10.0 Å². The van der Waals surface area contributed by atoms with E-state index in [1.165, 1.54) is 19.9 Å². The molecule has 0 bridgehead atoms. The molecule has 5 nitrogen and oxygen atoms in total. The van der Waals surface area contributed by atoms with E-state index in [-0.39, 0.29) is 0 Å². The summed E-state index contributed by atoms with van der Waals surface area (Å²) >= 11 is 0. The number of nitrogens with zero attached hydrogens (tertiary/aromatic N) is 1. The molecular formula is C14H21N3O2S. The van der Waals surface area contributed by atoms with Gasteiger partial charge in [-0.1, -0.05) is 12.1 Å². The Morgan fingerprint density at radius 1 is 1.30 bits per heavy atom. The Balaban J connectivity index is 1.92. The van der Waals surface area contributed by atoms with Crippen LogP contribution in [0.25, 0.3) is 0 Å². The number of anilines is 1. The van der Waals surface area contributed by atoms with E-state index in [9.17, 15) is 8.42 Å². The molecule has 1 aromatic rings. The minimum atomic E-state index is -3.41. The number of hydrogen-bond donors (Lipinski definition) is 2. The summed E-state index contributed by atoms with van der Waals surface area (Å²) in [4.78, 5) is 2.58. The first-order valence-electron chi connectivity index (χ1n) is 7.13. The van der Waals surface area contributed by atoms with E-state index in [2.05, 4.69) is 14.9 Å². The van der Waals surface area contributed by atoms with Gasteiger partial charge in [0.05, 0.1) is 5.69 Å². The molecule has 0 amide bonds. The van der Waals surface area contributed by atoms with Gasteiger partial charge in [-0.3, -0.25) is 0 Å². The van der Waals surface area contributed by atoms with Crippen molar-refractivity contribution < 1.29 is 8.42 Å². The third kappa shape index (κ3) is 2.43. The molecule has 2 aliphatic heterocycles. The smallest absolute Gasteiger partial charge is 0.242 e. The van der Waals surface area contributed by atoms with Gasteiger partial charge in [-0.15, -0.1) is 0 Å². The number of fused-ring (bicyclic) bond motifs is 1. The zero-order valence-electron chi connectivity index (χ0n) is 11.7. The SMILES string of the molecule is CNS(=O)(=O)c1ccccc1N1CC2CCCNC2C1. The summed E-state index contributed by atoms with van der Waals surface area (Å²) in [7, 11) is -1.96. The molecule has 2 aliphatic rings. The van der Waals surface area contributed by atoms with Crippen molar-refractivity contribution in [3.05, 3.63) is 24.3 Å². The highest BCUT2D eigenvalue weighted by molar-refractivity contribution is 7.89. The molecule has 2 heterocycles. The summed E-state index contributed by atoms with van der Waals surface area (Å²) < 4.78 is 26.7. The number of hydrogen-bond acceptors (Lipinski definition) is 4. The van der Waals surface area contributed by atoms with E-state index < -0.39 is 10.0 Å². The van der Waals surface area contributed by atoms with Crippen LogP contribution in [0.4, 0.5) is 5.69 Å². The molecule has 20 heavy (non-hydrogen) atoms. The number of benzene rings is 1. The van der Waals surface area contributed by atoms with Crippen LogP contribution in [0.5, 0.6) is 0 Å². The zero-order valence-corrected chi connectivity index (χ0v) is 12.5. The molecule has 110 valence electrons. The largest absolute Gasteiger partial charge is 0.369 e. The zero-order chi connectivity index (χ0) is 14.2. The average Bonchev–Trinajstić information content (AvgIpc) is 2.91. The number of para-hydroxylation sites is 1. The van der Waals surface area contributed by atoms with Crippen LogP contribution in [0.3, 0.4) is 0 Å². The van der Waals surface area contributed by atoms with Crippen LogP contribution in [0.15, 0.2) is 29.2 Å². The topological polar surface area (TPSA) is 61.4 Å². The van der Waals surface area contributed by atoms with E-state index in [0.29, 0.717) is 16.9 Å². The molecule has 0 aliphatic carbocycles. The molecule has 0 spiro atoms. The summed E-state index contributed by atoms with van der Waals surface area (Å²) in [6.07, 6.45) is 2.45. The molecule has 0 saturated carbocycles. The van der Waals surface area contributed by atoms with Crippen molar-refractivity contribution >= 4 is 15.7 Å². The van der Waals surface area contributed by atoms with E-state index in [1.54, 1.807) is 12.1 Å². The van der Waals surface area contributed by atoms with Crippen molar-refractivity contribution in [1.82, 2.24) is 10.0 Å². The van der Waals surface area contributed by atoms with Gasteiger partial charge in [0, 0.05) is 19.1 Å². The molecule has 2 unspecified atom stereocenters. The van der Waals surface area contributed by atoms with E-state index in [1.807, 2.05) is 12.1 Å². The summed E-state index contributed by atoms with van der Waals surface area (Å²) in [6.45, 7) is 2.90. The van der Waals surface area contributed by atoms with Crippen LogP contribution < -0.4 is 14.9 Å². The summed E-state index contributed by atoms with van der Waals surface area (Å²) in [5.41, 5.74) is 0.818. The molecule has 0 radical (unpaired) electrons. The third-order valence-electron chi connectivity index (χ3n) is 4.36. The van der Waals surface area contributed by atoms with Crippen LogP contribution >= 0.6 is 0 Å². The van der Waals surface area contributed by atoms with Crippen LogP contribution in [0.2, 0.25) is 0 Å². The average molecular weight is 295 g/mol. The minimum absolute atomic E-state index is 0.376. The van der Waals surface area contributed by atoms with Crippen molar-refractivity contribution in [3.8, 4) is 0 Å². The fraction of sp³-hybridized carbons (Fsp3) is 0.571. The lowest BCUT2D eigenvalue weighted by Gasteiger charge is -2.24. The fourth-order valence-electron chi connectivity index (χ4n) is 3.30. The van der Waals surface area contributed by atoms with Crippen LogP contribution in [-0.2, 0) is 10.0 Å². The maximum atomic E-state index is 12.1. The summed E-state index contributed by atoms with van der Waals surface area (Å²) in [5.74, 6) is 0.633. The van der Waals surface area contributed by atoms with Gasteiger partial charge < -0.3 is 10.2 Å². The Kier molecular flexibility index (Phi) is 3.70. The Hall–Kier alpha value is -1.11. The van der Waals surface area contributed by atoms with Crippen molar-refractivity contribution in [2.75, 3.05) is 31.6 Å². The van der Waals surface area contributed by atoms with Gasteiger partial charge >= 0.3 is 0 Å². The third-order valence-corrected chi connectivity index (χ3v) is 5.83. The number of sulfonamides is 1. The lowest BCUT2D eigenvalue weighted by molar-refractivity contribution is 0.340. The van der Waals surface area contributed by atoms with E-state index in [0.717, 1.165) is 25.3 Å². The standard InChI is InChI=1S/C14H21N3O2S/c1-15-20(18,19)14-7-3-2-6-13(14)17-9-11-5-4-8-16-12(11)10-17/h2-3,6-7,11-12,15-16H,4-5,8-10H2,1H3. The van der Waals surface area contributed by atoms with Crippen LogP contribution in [0.1, 0.15) is 12.8 Å². The van der Waals surface area contributed by atoms with Gasteiger partial charge in [-0.25, -0.2) is 13.1 Å². The highest BCUT2D eigenvalue weighted by Crippen LogP contribution is 2.32. The lowest BCUT2D eigenvalue weighted by Crippen LogP contribution is -2.40. The lowest BCUT2D eigenvalue weighted by atomic mass is 9.94. The normalized spacial score (nSPS) is 26.6. The number of piperidine rings is 1. The second-order valence-electron chi connectivity index (χ2n) is 5.54. The Morgan fingerprint density at radius 3 is 2.85 bits per heavy atom. The predicted molar refractivity (Wildman–Crippen MR) is 79.4 cm³/mol. The predicted octanol–water partition coefficient (Wildman–Crippen LogP) is 0.783. The van der Waals surface area contributed by atoms with Crippen molar-refractivity contribution in [2.45, 2.75) is 23.8 Å². The molecule has 6 heteroatoms. The molecule has 2 N–H and O–H groups in total. The highest BCUT2D eigenvalue weighted by Gasteiger charge is 2.35. The maximum Gasteiger partial charge on any atom is 0.242 e. The van der Waals surface area contributed by atoms with Crippen LogP contribution in [0, 0.1) is 5.92 Å². The van der Waals surface area contributed by atoms with Gasteiger partial charge in [0.15, 0.2) is 0 Å². The molecule has 1 aromatic carbocycles. The van der Waals surface area contributed by atoms with E-state index in [4.69, 9.17) is 0 Å². The fourth-order valence-corrected chi connectivity index (χ4v) is 4.25. The van der Waals surface area contributed by atoms with Crippen molar-refractivity contribution in [3.63, 3.8) is 0 Å². The first-order valence-corrected chi connectivity index (χ1v) is 8.61. The first-order chi connectivity index (χ1) is 9.62. The Bertz CT molecular complexity index is 574. The van der Waals surface area contributed by atoms with Gasteiger partial charge in [0.1, 0.15) is 4.90 Å². The molecule has 2 atom stereocenters. The Labute approximate surface area is 120 Å². The molecule has 0 aromatic heterocycles. The molecular weight excluding hydrogens is 274 g/mol. The minimum Gasteiger partial charge on any atom is -0.369 e. The second kappa shape index (κ2) is 5.35. The van der Waals surface area contributed by atoms with E-state index >= 15 is 0 Å².